The molecule has 1 aromatic rings. The standard InChI is InChI=1S/C15H25NO/c1-12(2)14-6-5-13(3)15(11-14)7-9-16-8-4-10-17/h5-6,11-12,16-17H,4,7-10H2,1-3H3. The molecule has 0 aliphatic carbocycles. The first-order valence-corrected chi connectivity index (χ1v) is 6.56. The quantitative estimate of drug-likeness (QED) is 0.712. The fourth-order valence-electron chi connectivity index (χ4n) is 1.87. The lowest BCUT2D eigenvalue weighted by atomic mass is 9.96. The number of hydrogen-bond acceptors (Lipinski definition) is 2. The van der Waals surface area contributed by atoms with Crippen molar-refractivity contribution in [1.82, 2.24) is 5.32 Å². The number of benzene rings is 1. The van der Waals surface area contributed by atoms with E-state index in [1.165, 1.54) is 16.7 Å². The highest BCUT2D eigenvalue weighted by molar-refractivity contribution is 5.32. The normalized spacial score (nSPS) is 11.1. The first-order valence-electron chi connectivity index (χ1n) is 6.56. The van der Waals surface area contributed by atoms with E-state index >= 15 is 0 Å². The second kappa shape index (κ2) is 7.46. The van der Waals surface area contributed by atoms with Crippen LogP contribution in [0.3, 0.4) is 0 Å². The number of nitrogens with one attached hydrogen (secondary N) is 1. The van der Waals surface area contributed by atoms with Crippen molar-refractivity contribution < 1.29 is 5.11 Å². The summed E-state index contributed by atoms with van der Waals surface area (Å²) in [6.07, 6.45) is 1.91. The van der Waals surface area contributed by atoms with Gasteiger partial charge in [0.2, 0.25) is 0 Å². The van der Waals surface area contributed by atoms with Gasteiger partial charge in [0.15, 0.2) is 0 Å². The van der Waals surface area contributed by atoms with Crippen molar-refractivity contribution in [3.8, 4) is 0 Å². The molecule has 17 heavy (non-hydrogen) atoms. The summed E-state index contributed by atoms with van der Waals surface area (Å²) in [5, 5.41) is 12.0. The molecular formula is C15H25NO. The third-order valence-corrected chi connectivity index (χ3v) is 3.12. The Balaban J connectivity index is 2.49. The van der Waals surface area contributed by atoms with Crippen molar-refractivity contribution in [2.24, 2.45) is 0 Å². The molecule has 2 nitrogen and oxygen atoms in total. The minimum atomic E-state index is 0.273. The molecule has 0 heterocycles. The SMILES string of the molecule is Cc1ccc(C(C)C)cc1CCNCCCO. The Kier molecular flexibility index (Phi) is 6.23. The van der Waals surface area contributed by atoms with Gasteiger partial charge in [-0.25, -0.2) is 0 Å². The van der Waals surface area contributed by atoms with Crippen LogP contribution in [0.4, 0.5) is 0 Å². The van der Waals surface area contributed by atoms with Crippen LogP contribution in [-0.2, 0) is 6.42 Å². The highest BCUT2D eigenvalue weighted by atomic mass is 16.3. The number of aryl methyl sites for hydroxylation is 1. The molecule has 0 amide bonds. The fourth-order valence-corrected chi connectivity index (χ4v) is 1.87. The number of hydrogen-bond donors (Lipinski definition) is 2. The van der Waals surface area contributed by atoms with Gasteiger partial charge in [0, 0.05) is 6.61 Å². The Labute approximate surface area is 105 Å². The summed E-state index contributed by atoms with van der Waals surface area (Å²) in [6, 6.07) is 6.77. The van der Waals surface area contributed by atoms with Crippen LogP contribution in [0.25, 0.3) is 0 Å². The lowest BCUT2D eigenvalue weighted by Gasteiger charge is -2.11. The van der Waals surface area contributed by atoms with Gasteiger partial charge >= 0.3 is 0 Å². The van der Waals surface area contributed by atoms with Gasteiger partial charge in [-0.3, -0.25) is 0 Å². The van der Waals surface area contributed by atoms with Crippen LogP contribution in [0.2, 0.25) is 0 Å². The van der Waals surface area contributed by atoms with Crippen molar-refractivity contribution in [3.63, 3.8) is 0 Å². The third-order valence-electron chi connectivity index (χ3n) is 3.12. The van der Waals surface area contributed by atoms with E-state index in [4.69, 9.17) is 5.11 Å². The summed E-state index contributed by atoms with van der Waals surface area (Å²) in [7, 11) is 0. The van der Waals surface area contributed by atoms with Crippen molar-refractivity contribution in [2.45, 2.75) is 39.5 Å². The highest BCUT2D eigenvalue weighted by Crippen LogP contribution is 2.18. The summed E-state index contributed by atoms with van der Waals surface area (Å²) in [5.41, 5.74) is 4.23. The Morgan fingerprint density at radius 1 is 1.24 bits per heavy atom. The first-order chi connectivity index (χ1) is 8.15. The van der Waals surface area contributed by atoms with Gasteiger partial charge in [-0.15, -0.1) is 0 Å². The summed E-state index contributed by atoms with van der Waals surface area (Å²) < 4.78 is 0. The Morgan fingerprint density at radius 3 is 2.65 bits per heavy atom. The fraction of sp³-hybridized carbons (Fsp3) is 0.600. The Morgan fingerprint density at radius 2 is 2.00 bits per heavy atom. The monoisotopic (exact) mass is 235 g/mol. The molecule has 1 aromatic carbocycles. The van der Waals surface area contributed by atoms with E-state index in [9.17, 15) is 0 Å². The maximum atomic E-state index is 8.68. The minimum absolute atomic E-state index is 0.273. The average molecular weight is 235 g/mol. The maximum absolute atomic E-state index is 8.68. The Bertz CT molecular complexity index is 334. The van der Waals surface area contributed by atoms with E-state index in [0.717, 1.165) is 25.9 Å². The molecule has 0 aliphatic rings. The molecule has 0 radical (unpaired) electrons. The van der Waals surface area contributed by atoms with Crippen LogP contribution in [0.1, 0.15) is 42.9 Å². The molecular weight excluding hydrogens is 210 g/mol. The first kappa shape index (κ1) is 14.2. The van der Waals surface area contributed by atoms with Crippen molar-refractivity contribution in [2.75, 3.05) is 19.7 Å². The zero-order valence-corrected chi connectivity index (χ0v) is 11.3. The lowest BCUT2D eigenvalue weighted by Crippen LogP contribution is -2.19. The summed E-state index contributed by atoms with van der Waals surface area (Å²) in [4.78, 5) is 0. The molecule has 0 spiro atoms. The molecule has 0 aliphatic heterocycles. The van der Waals surface area contributed by atoms with Crippen LogP contribution in [0, 0.1) is 6.92 Å². The summed E-state index contributed by atoms with van der Waals surface area (Å²) in [5.74, 6) is 0.594. The minimum Gasteiger partial charge on any atom is -0.396 e. The summed E-state index contributed by atoms with van der Waals surface area (Å²) in [6.45, 7) is 8.80. The number of rotatable bonds is 7. The molecule has 0 aromatic heterocycles. The van der Waals surface area contributed by atoms with E-state index in [2.05, 4.69) is 44.3 Å². The van der Waals surface area contributed by atoms with E-state index in [1.54, 1.807) is 0 Å². The molecule has 96 valence electrons. The smallest absolute Gasteiger partial charge is 0.0443 e. The van der Waals surface area contributed by atoms with E-state index < -0.39 is 0 Å². The van der Waals surface area contributed by atoms with Crippen molar-refractivity contribution in [1.29, 1.82) is 0 Å². The molecule has 0 saturated carbocycles. The predicted octanol–water partition coefficient (Wildman–Crippen LogP) is 2.63. The number of aliphatic hydroxyl groups is 1. The summed E-state index contributed by atoms with van der Waals surface area (Å²) >= 11 is 0. The average Bonchev–Trinajstić information content (AvgIpc) is 2.30. The molecule has 0 bridgehead atoms. The molecule has 0 saturated heterocycles. The van der Waals surface area contributed by atoms with Gasteiger partial charge in [-0.1, -0.05) is 32.0 Å². The molecule has 0 fully saturated rings. The van der Waals surface area contributed by atoms with Crippen molar-refractivity contribution in [3.05, 3.63) is 34.9 Å². The van der Waals surface area contributed by atoms with Crippen LogP contribution in [0.5, 0.6) is 0 Å². The number of aliphatic hydroxyl groups excluding tert-OH is 1. The van der Waals surface area contributed by atoms with Gasteiger partial charge in [0.25, 0.3) is 0 Å². The van der Waals surface area contributed by atoms with Gasteiger partial charge in [0.05, 0.1) is 0 Å². The second-order valence-corrected chi connectivity index (χ2v) is 4.92. The van der Waals surface area contributed by atoms with Crippen molar-refractivity contribution >= 4 is 0 Å². The third kappa shape index (κ3) is 4.88. The zero-order valence-electron chi connectivity index (χ0n) is 11.3. The maximum Gasteiger partial charge on any atom is 0.0443 e. The second-order valence-electron chi connectivity index (χ2n) is 4.92. The van der Waals surface area contributed by atoms with Gasteiger partial charge in [-0.05, 0) is 55.5 Å². The van der Waals surface area contributed by atoms with E-state index in [0.29, 0.717) is 5.92 Å². The van der Waals surface area contributed by atoms with E-state index in [-0.39, 0.29) is 6.61 Å². The lowest BCUT2D eigenvalue weighted by molar-refractivity contribution is 0.286. The molecule has 2 heteroatoms. The Hall–Kier alpha value is -0.860. The molecule has 1 rings (SSSR count). The van der Waals surface area contributed by atoms with Crippen LogP contribution >= 0.6 is 0 Å². The highest BCUT2D eigenvalue weighted by Gasteiger charge is 2.03. The zero-order chi connectivity index (χ0) is 12.7. The predicted molar refractivity (Wildman–Crippen MR) is 73.5 cm³/mol. The van der Waals surface area contributed by atoms with Crippen LogP contribution in [-0.4, -0.2) is 24.8 Å². The molecule has 0 unspecified atom stereocenters. The van der Waals surface area contributed by atoms with Gasteiger partial charge < -0.3 is 10.4 Å². The largest absolute Gasteiger partial charge is 0.396 e. The van der Waals surface area contributed by atoms with Crippen LogP contribution in [0.15, 0.2) is 18.2 Å². The topological polar surface area (TPSA) is 32.3 Å². The molecule has 2 N–H and O–H groups in total. The van der Waals surface area contributed by atoms with Gasteiger partial charge in [0.1, 0.15) is 0 Å². The van der Waals surface area contributed by atoms with Crippen LogP contribution < -0.4 is 5.32 Å². The van der Waals surface area contributed by atoms with E-state index in [1.807, 2.05) is 0 Å². The molecule has 0 atom stereocenters. The van der Waals surface area contributed by atoms with Gasteiger partial charge in [-0.2, -0.15) is 0 Å².